The molecule has 0 spiro atoms. The van der Waals surface area contributed by atoms with Crippen molar-refractivity contribution in [2.24, 2.45) is 0 Å². The average Bonchev–Trinajstić information content (AvgIpc) is 3.16. The van der Waals surface area contributed by atoms with Crippen LogP contribution in [-0.2, 0) is 11.2 Å². The molecule has 2 heterocycles. The highest BCUT2D eigenvalue weighted by Gasteiger charge is 2.25. The van der Waals surface area contributed by atoms with Gasteiger partial charge < -0.3 is 9.14 Å². The molecular weight excluding hydrogens is 348 g/mol. The molecule has 1 amide bonds. The number of nitrogens with zero attached hydrogens (tertiary/aromatic N) is 2. The zero-order chi connectivity index (χ0) is 18.9. The fourth-order valence-corrected chi connectivity index (χ4v) is 3.55. The van der Waals surface area contributed by atoms with E-state index in [2.05, 4.69) is 32.0 Å². The van der Waals surface area contributed by atoms with E-state index in [1.165, 1.54) is 14.1 Å². The second kappa shape index (κ2) is 7.23. The summed E-state index contributed by atoms with van der Waals surface area (Å²) in [5, 5.41) is 11.8. The van der Waals surface area contributed by atoms with Crippen molar-refractivity contribution in [2.45, 2.75) is 32.8 Å². The minimum Gasteiger partial charge on any atom is -0.491 e. The molecule has 26 heavy (non-hydrogen) atoms. The van der Waals surface area contributed by atoms with E-state index in [0.29, 0.717) is 0 Å². The van der Waals surface area contributed by atoms with Gasteiger partial charge in [0.1, 0.15) is 26.3 Å². The van der Waals surface area contributed by atoms with Gasteiger partial charge in [-0.2, -0.15) is 0 Å². The average molecular weight is 373 g/mol. The van der Waals surface area contributed by atoms with Crippen molar-refractivity contribution >= 4 is 22.1 Å². The predicted molar refractivity (Wildman–Crippen MR) is 104 cm³/mol. The van der Waals surface area contributed by atoms with Gasteiger partial charge in [0.15, 0.2) is 0 Å². The van der Waals surface area contributed by atoms with Crippen LogP contribution >= 0.6 is 11.3 Å². The van der Waals surface area contributed by atoms with Gasteiger partial charge in [-0.1, -0.05) is 19.1 Å². The summed E-state index contributed by atoms with van der Waals surface area (Å²) in [4.78, 5) is 13.2. The number of aromatic nitrogens is 1. The van der Waals surface area contributed by atoms with Crippen LogP contribution in [0.5, 0.6) is 5.75 Å². The Kier molecular flexibility index (Phi) is 5.18. The minimum absolute atomic E-state index is 0.194. The second-order valence-electron chi connectivity index (χ2n) is 6.99. The number of rotatable bonds is 6. The maximum Gasteiger partial charge on any atom is 0.351 e. The van der Waals surface area contributed by atoms with Crippen LogP contribution in [-0.4, -0.2) is 40.4 Å². The number of carbonyl (C=O) groups excluding carboxylic acids is 1. The standard InChI is InChI=1S/C20H25N2O3S/c1-5-14(2)25-18-8-6-15(7-9-18)16-10-19-21(12-16)17(13-26-19)11-20(23)22(3,4)24/h6-10,12-14,24H,5,11H2,1-4H3/q+1. The van der Waals surface area contributed by atoms with Gasteiger partial charge in [-0.15, -0.1) is 16.0 Å². The topological polar surface area (TPSA) is 50.9 Å². The molecule has 5 nitrogen and oxygen atoms in total. The van der Waals surface area contributed by atoms with Gasteiger partial charge in [0.2, 0.25) is 0 Å². The number of quaternary nitrogens is 1. The molecule has 1 unspecified atom stereocenters. The van der Waals surface area contributed by atoms with Crippen LogP contribution < -0.4 is 4.74 Å². The number of hydrogen-bond acceptors (Lipinski definition) is 4. The highest BCUT2D eigenvalue weighted by molar-refractivity contribution is 7.15. The van der Waals surface area contributed by atoms with E-state index < -0.39 is 4.65 Å². The number of fused-ring (bicyclic) bond motifs is 1. The third-order valence-corrected chi connectivity index (χ3v) is 5.40. The number of hydroxylamine groups is 3. The summed E-state index contributed by atoms with van der Waals surface area (Å²) in [6.07, 6.45) is 3.41. The fourth-order valence-electron chi connectivity index (χ4n) is 2.62. The van der Waals surface area contributed by atoms with Gasteiger partial charge in [0.05, 0.1) is 10.9 Å². The molecule has 0 radical (unpaired) electrons. The lowest BCUT2D eigenvalue weighted by Crippen LogP contribution is -2.43. The molecule has 3 rings (SSSR count). The van der Waals surface area contributed by atoms with E-state index in [1.807, 2.05) is 28.1 Å². The van der Waals surface area contributed by atoms with Crippen molar-refractivity contribution < 1.29 is 19.4 Å². The first-order valence-electron chi connectivity index (χ1n) is 8.73. The minimum atomic E-state index is -0.664. The largest absolute Gasteiger partial charge is 0.491 e. The summed E-state index contributed by atoms with van der Waals surface area (Å²) < 4.78 is 7.19. The van der Waals surface area contributed by atoms with Gasteiger partial charge in [-0.25, -0.2) is 10.0 Å². The van der Waals surface area contributed by atoms with Crippen LogP contribution in [0, 0.1) is 0 Å². The first-order valence-corrected chi connectivity index (χ1v) is 9.61. The van der Waals surface area contributed by atoms with Crippen LogP contribution in [0.4, 0.5) is 0 Å². The van der Waals surface area contributed by atoms with Gasteiger partial charge in [-0.3, -0.25) is 0 Å². The van der Waals surface area contributed by atoms with Crippen LogP contribution in [0.3, 0.4) is 0 Å². The number of amides is 1. The highest BCUT2D eigenvalue weighted by Crippen LogP contribution is 2.29. The molecule has 6 heteroatoms. The Labute approximate surface area is 157 Å². The summed E-state index contributed by atoms with van der Waals surface area (Å²) >= 11 is 1.59. The molecular formula is C20H25N2O3S+. The zero-order valence-electron chi connectivity index (χ0n) is 15.6. The molecule has 1 atom stereocenters. The monoisotopic (exact) mass is 373 g/mol. The quantitative estimate of drug-likeness (QED) is 0.396. The fraction of sp³-hybridized carbons (Fsp3) is 0.350. The third-order valence-electron chi connectivity index (χ3n) is 4.45. The molecule has 0 aliphatic carbocycles. The maximum atomic E-state index is 12.1. The SMILES string of the molecule is CCC(C)Oc1ccc(-c2cc3scc(CC(=O)[N+](C)(C)O)n3c2)cc1. The molecule has 1 aromatic carbocycles. The summed E-state index contributed by atoms with van der Waals surface area (Å²) in [6, 6.07) is 10.2. The van der Waals surface area contributed by atoms with E-state index in [0.717, 1.165) is 33.8 Å². The molecule has 1 N–H and O–H groups in total. The number of thiazole rings is 1. The first kappa shape index (κ1) is 18.6. The molecule has 3 aromatic rings. The molecule has 0 saturated carbocycles. The highest BCUT2D eigenvalue weighted by atomic mass is 32.1. The van der Waals surface area contributed by atoms with Gasteiger partial charge in [0, 0.05) is 22.8 Å². The number of likely N-dealkylation sites (N-methyl/N-ethyl adjacent to an activating group) is 1. The Morgan fingerprint density at radius 1 is 1.27 bits per heavy atom. The third kappa shape index (κ3) is 3.98. The lowest BCUT2D eigenvalue weighted by atomic mass is 10.1. The van der Waals surface area contributed by atoms with Gasteiger partial charge >= 0.3 is 5.91 Å². The van der Waals surface area contributed by atoms with Crippen molar-refractivity contribution in [3.63, 3.8) is 0 Å². The van der Waals surface area contributed by atoms with Crippen LogP contribution in [0.1, 0.15) is 26.0 Å². The van der Waals surface area contributed by atoms with Crippen molar-refractivity contribution in [1.29, 1.82) is 0 Å². The Balaban J connectivity index is 1.82. The normalized spacial score (nSPS) is 13.1. The Hall–Kier alpha value is -2.15. The van der Waals surface area contributed by atoms with E-state index in [4.69, 9.17) is 4.74 Å². The second-order valence-corrected chi connectivity index (χ2v) is 7.88. The van der Waals surface area contributed by atoms with Crippen molar-refractivity contribution in [2.75, 3.05) is 14.1 Å². The molecule has 0 aliphatic heterocycles. The van der Waals surface area contributed by atoms with E-state index >= 15 is 0 Å². The van der Waals surface area contributed by atoms with Crippen molar-refractivity contribution in [1.82, 2.24) is 4.40 Å². The maximum absolute atomic E-state index is 12.1. The van der Waals surface area contributed by atoms with Crippen LogP contribution in [0.2, 0.25) is 0 Å². The van der Waals surface area contributed by atoms with E-state index in [9.17, 15) is 10.0 Å². The van der Waals surface area contributed by atoms with Crippen LogP contribution in [0.25, 0.3) is 16.0 Å². The Bertz CT molecular complexity index is 903. The predicted octanol–water partition coefficient (Wildman–Crippen LogP) is 4.38. The molecule has 0 fully saturated rings. The van der Waals surface area contributed by atoms with Crippen LogP contribution in [0.15, 0.2) is 41.9 Å². The van der Waals surface area contributed by atoms with E-state index in [1.54, 1.807) is 11.3 Å². The first-order chi connectivity index (χ1) is 12.3. The molecule has 138 valence electrons. The molecule has 0 saturated heterocycles. The zero-order valence-corrected chi connectivity index (χ0v) is 16.4. The molecule has 0 bridgehead atoms. The van der Waals surface area contributed by atoms with Crippen molar-refractivity contribution in [3.8, 4) is 16.9 Å². The summed E-state index contributed by atoms with van der Waals surface area (Å²) in [5.74, 6) is 0.629. The number of ether oxygens (including phenoxy) is 1. The smallest absolute Gasteiger partial charge is 0.351 e. The number of benzene rings is 1. The Morgan fingerprint density at radius 2 is 1.96 bits per heavy atom. The molecule has 2 aromatic heterocycles. The number of hydrogen-bond donors (Lipinski definition) is 1. The van der Waals surface area contributed by atoms with Crippen molar-refractivity contribution in [3.05, 3.63) is 47.6 Å². The Morgan fingerprint density at radius 3 is 2.58 bits per heavy atom. The lowest BCUT2D eigenvalue weighted by Gasteiger charge is -2.15. The number of carbonyl (C=O) groups is 1. The summed E-state index contributed by atoms with van der Waals surface area (Å²) in [6.45, 7) is 4.16. The summed E-state index contributed by atoms with van der Waals surface area (Å²) in [7, 11) is 2.94. The lowest BCUT2D eigenvalue weighted by molar-refractivity contribution is -1.01. The van der Waals surface area contributed by atoms with Gasteiger partial charge in [-0.05, 0) is 37.1 Å². The molecule has 0 aliphatic rings. The van der Waals surface area contributed by atoms with E-state index in [-0.39, 0.29) is 18.4 Å². The summed E-state index contributed by atoms with van der Waals surface area (Å²) in [5.41, 5.74) is 3.09. The van der Waals surface area contributed by atoms with Gasteiger partial charge in [0.25, 0.3) is 0 Å².